The summed E-state index contributed by atoms with van der Waals surface area (Å²) in [6.45, 7) is 0. The van der Waals surface area contributed by atoms with E-state index in [1.54, 1.807) is 14.1 Å². The van der Waals surface area contributed by atoms with Crippen LogP contribution in [0.1, 0.15) is 37.3 Å². The van der Waals surface area contributed by atoms with Gasteiger partial charge in [-0.2, -0.15) is 10.1 Å². The van der Waals surface area contributed by atoms with E-state index in [4.69, 9.17) is 0 Å². The van der Waals surface area contributed by atoms with Gasteiger partial charge in [-0.15, -0.1) is 0 Å². The summed E-state index contributed by atoms with van der Waals surface area (Å²) >= 11 is 0. The minimum Gasteiger partial charge on any atom is -0.302 e. The van der Waals surface area contributed by atoms with Gasteiger partial charge in [0.1, 0.15) is 10.7 Å². The van der Waals surface area contributed by atoms with Crippen LogP contribution in [0.2, 0.25) is 0 Å². The van der Waals surface area contributed by atoms with Gasteiger partial charge in [0.25, 0.3) is 10.0 Å². The zero-order valence-corrected chi connectivity index (χ0v) is 13.9. The van der Waals surface area contributed by atoms with Crippen LogP contribution in [0.15, 0.2) is 28.2 Å². The second-order valence-electron chi connectivity index (χ2n) is 5.85. The first kappa shape index (κ1) is 15.7. The number of nitrogens with one attached hydrogen (secondary N) is 1. The van der Waals surface area contributed by atoms with Gasteiger partial charge in [-0.25, -0.2) is 13.2 Å². The van der Waals surface area contributed by atoms with Crippen molar-refractivity contribution in [1.82, 2.24) is 19.3 Å². The Morgan fingerprint density at radius 3 is 2.61 bits per heavy atom. The van der Waals surface area contributed by atoms with E-state index in [1.807, 2.05) is 0 Å². The van der Waals surface area contributed by atoms with Crippen molar-refractivity contribution in [3.8, 4) is 0 Å². The summed E-state index contributed by atoms with van der Waals surface area (Å²) in [5.74, 6) is 0.175. The molecule has 2 heterocycles. The molecule has 2 aromatic rings. The van der Waals surface area contributed by atoms with Gasteiger partial charge in [-0.1, -0.05) is 12.8 Å². The zero-order chi connectivity index (χ0) is 16.6. The number of hydrogen-bond donors (Lipinski definition) is 1. The highest BCUT2D eigenvalue weighted by atomic mass is 32.2. The van der Waals surface area contributed by atoms with Gasteiger partial charge >= 0.3 is 5.69 Å². The Kier molecular flexibility index (Phi) is 3.97. The fourth-order valence-electron chi connectivity index (χ4n) is 2.89. The fraction of sp³-hybridized carbons (Fsp3) is 0.500. The fourth-order valence-corrected chi connectivity index (χ4v) is 4.16. The van der Waals surface area contributed by atoms with Crippen LogP contribution in [-0.2, 0) is 24.1 Å². The largest absolute Gasteiger partial charge is 0.349 e. The molecule has 1 saturated carbocycles. The molecule has 23 heavy (non-hydrogen) atoms. The summed E-state index contributed by atoms with van der Waals surface area (Å²) in [5, 5.41) is 4.34. The van der Waals surface area contributed by atoms with Crippen molar-refractivity contribution in [1.29, 1.82) is 0 Å². The maximum Gasteiger partial charge on any atom is 0.349 e. The number of aryl methyl sites for hydroxylation is 2. The van der Waals surface area contributed by atoms with Crippen LogP contribution in [0.3, 0.4) is 0 Å². The van der Waals surface area contributed by atoms with E-state index in [-0.39, 0.29) is 16.6 Å². The van der Waals surface area contributed by atoms with Crippen LogP contribution in [0.5, 0.6) is 0 Å². The highest BCUT2D eigenvalue weighted by molar-refractivity contribution is 7.92. The molecular formula is C14H19N5O3S. The lowest BCUT2D eigenvalue weighted by Gasteiger charge is -2.10. The normalized spacial score (nSPS) is 15.9. The molecule has 1 aliphatic carbocycles. The van der Waals surface area contributed by atoms with E-state index in [9.17, 15) is 13.2 Å². The predicted octanol–water partition coefficient (Wildman–Crippen LogP) is 0.972. The van der Waals surface area contributed by atoms with E-state index in [0.717, 1.165) is 25.7 Å². The molecule has 3 rings (SSSR count). The summed E-state index contributed by atoms with van der Waals surface area (Å²) in [6.07, 6.45) is 7.04. The molecule has 1 N–H and O–H groups in total. The lowest BCUT2D eigenvalue weighted by molar-refractivity contribution is 0.595. The van der Waals surface area contributed by atoms with Crippen LogP contribution in [0.25, 0.3) is 0 Å². The Labute approximate surface area is 134 Å². The highest BCUT2D eigenvalue weighted by Gasteiger charge is 2.29. The zero-order valence-electron chi connectivity index (χ0n) is 13.1. The number of hydrogen-bond acceptors (Lipinski definition) is 5. The van der Waals surface area contributed by atoms with Crippen LogP contribution in [0, 0.1) is 0 Å². The van der Waals surface area contributed by atoms with Crippen molar-refractivity contribution < 1.29 is 8.42 Å². The van der Waals surface area contributed by atoms with Crippen molar-refractivity contribution in [2.24, 2.45) is 14.1 Å². The molecule has 0 amide bonds. The van der Waals surface area contributed by atoms with Crippen LogP contribution >= 0.6 is 0 Å². The Bertz CT molecular complexity index is 878. The van der Waals surface area contributed by atoms with Gasteiger partial charge in [0.05, 0.1) is 5.69 Å². The molecule has 1 aliphatic rings. The second-order valence-corrected chi connectivity index (χ2v) is 7.50. The van der Waals surface area contributed by atoms with Gasteiger partial charge < -0.3 is 4.57 Å². The predicted molar refractivity (Wildman–Crippen MR) is 84.7 cm³/mol. The molecule has 8 nitrogen and oxygen atoms in total. The molecule has 1 fully saturated rings. The van der Waals surface area contributed by atoms with E-state index < -0.39 is 15.7 Å². The molecular weight excluding hydrogens is 318 g/mol. The Balaban J connectivity index is 1.96. The minimum absolute atomic E-state index is 0.00863. The Hall–Kier alpha value is -2.16. The van der Waals surface area contributed by atoms with Gasteiger partial charge in [0.2, 0.25) is 0 Å². The van der Waals surface area contributed by atoms with Crippen LogP contribution in [0.4, 0.5) is 5.82 Å². The van der Waals surface area contributed by atoms with Gasteiger partial charge in [0, 0.05) is 32.4 Å². The maximum absolute atomic E-state index is 12.7. The number of nitrogens with zero attached hydrogens (tertiary/aromatic N) is 4. The van der Waals surface area contributed by atoms with Crippen LogP contribution in [-0.4, -0.2) is 27.7 Å². The van der Waals surface area contributed by atoms with E-state index in [0.29, 0.717) is 5.69 Å². The molecule has 0 aromatic carbocycles. The third kappa shape index (κ3) is 3.14. The van der Waals surface area contributed by atoms with Crippen LogP contribution < -0.4 is 10.4 Å². The first-order valence-electron chi connectivity index (χ1n) is 7.47. The standard InChI is InChI=1S/C14H19N5O3S/c1-18-8-7-12(15-14(18)20)17-23(21,22)11-9-19(2)16-13(11)10-5-3-4-6-10/h7-10H,3-6H2,1-2H3,(H,15,17,20). The van der Waals surface area contributed by atoms with Crippen molar-refractivity contribution in [2.75, 3.05) is 4.72 Å². The van der Waals surface area contributed by atoms with E-state index in [2.05, 4.69) is 14.8 Å². The third-order valence-corrected chi connectivity index (χ3v) is 5.44. The summed E-state index contributed by atoms with van der Waals surface area (Å²) in [6, 6.07) is 1.45. The smallest absolute Gasteiger partial charge is 0.302 e. The minimum atomic E-state index is -3.83. The molecule has 2 aromatic heterocycles. The molecule has 9 heteroatoms. The quantitative estimate of drug-likeness (QED) is 0.896. The molecule has 0 atom stereocenters. The van der Waals surface area contributed by atoms with E-state index >= 15 is 0 Å². The highest BCUT2D eigenvalue weighted by Crippen LogP contribution is 2.36. The molecule has 0 radical (unpaired) electrons. The first-order chi connectivity index (χ1) is 10.9. The molecule has 124 valence electrons. The number of rotatable bonds is 4. The average molecular weight is 337 g/mol. The number of anilines is 1. The molecule has 0 spiro atoms. The Morgan fingerprint density at radius 2 is 1.96 bits per heavy atom. The number of sulfonamides is 1. The van der Waals surface area contributed by atoms with Gasteiger partial charge in [0.15, 0.2) is 0 Å². The van der Waals surface area contributed by atoms with Gasteiger partial charge in [-0.05, 0) is 18.9 Å². The SMILES string of the molecule is Cn1cc(S(=O)(=O)Nc2ccn(C)c(=O)n2)c(C2CCCC2)n1. The summed E-state index contributed by atoms with van der Waals surface area (Å²) in [4.78, 5) is 15.4. The number of aromatic nitrogens is 4. The van der Waals surface area contributed by atoms with Crippen molar-refractivity contribution in [3.05, 3.63) is 34.6 Å². The molecule has 0 unspecified atom stereocenters. The summed E-state index contributed by atoms with van der Waals surface area (Å²) < 4.78 is 30.5. The monoisotopic (exact) mass is 337 g/mol. The van der Waals surface area contributed by atoms with Crippen molar-refractivity contribution in [2.45, 2.75) is 36.5 Å². The lowest BCUT2D eigenvalue weighted by atomic mass is 10.1. The van der Waals surface area contributed by atoms with Crippen molar-refractivity contribution >= 4 is 15.8 Å². The van der Waals surface area contributed by atoms with Gasteiger partial charge in [-0.3, -0.25) is 9.40 Å². The molecule has 0 saturated heterocycles. The maximum atomic E-state index is 12.7. The third-order valence-electron chi connectivity index (χ3n) is 4.07. The second kappa shape index (κ2) is 5.80. The topological polar surface area (TPSA) is 98.9 Å². The van der Waals surface area contributed by atoms with E-state index in [1.165, 1.54) is 27.7 Å². The first-order valence-corrected chi connectivity index (χ1v) is 8.95. The summed E-state index contributed by atoms with van der Waals surface area (Å²) in [7, 11) is -0.583. The Morgan fingerprint density at radius 1 is 1.26 bits per heavy atom. The summed E-state index contributed by atoms with van der Waals surface area (Å²) in [5.41, 5.74) is 0.0775. The lowest BCUT2D eigenvalue weighted by Crippen LogP contribution is -2.23. The molecule has 0 bridgehead atoms. The average Bonchev–Trinajstić information content (AvgIpc) is 3.11. The molecule has 0 aliphatic heterocycles. The van der Waals surface area contributed by atoms with Crippen molar-refractivity contribution in [3.63, 3.8) is 0 Å².